The van der Waals surface area contributed by atoms with Crippen molar-refractivity contribution >= 4 is 50.1 Å². The molecule has 1 fully saturated rings. The quantitative estimate of drug-likeness (QED) is 0.355. The Labute approximate surface area is 183 Å². The Kier molecular flexibility index (Phi) is 7.45. The molecule has 0 bridgehead atoms. The molecule has 0 unspecified atom stereocenters. The van der Waals surface area contributed by atoms with Crippen LogP contribution in [-0.2, 0) is 19.6 Å². The van der Waals surface area contributed by atoms with Crippen molar-refractivity contribution in [3.05, 3.63) is 29.3 Å². The zero-order chi connectivity index (χ0) is 21.7. The van der Waals surface area contributed by atoms with Crippen molar-refractivity contribution in [3.63, 3.8) is 0 Å². The lowest BCUT2D eigenvalue weighted by Crippen LogP contribution is -2.28. The molecular weight excluding hydrogens is 448 g/mol. The predicted molar refractivity (Wildman–Crippen MR) is 114 cm³/mol. The molecule has 0 atom stereocenters. The minimum absolute atomic E-state index is 0.103. The van der Waals surface area contributed by atoms with Crippen molar-refractivity contribution in [1.29, 1.82) is 0 Å². The Morgan fingerprint density at radius 3 is 2.70 bits per heavy atom. The summed E-state index contributed by atoms with van der Waals surface area (Å²) in [5.41, 5.74) is 0.807. The first-order chi connectivity index (χ1) is 14.3. The number of hydrogen-bond donors (Lipinski definition) is 1. The number of aryl methyl sites for hydroxylation is 1. The van der Waals surface area contributed by atoms with Gasteiger partial charge in [-0.3, -0.25) is 14.9 Å². The Bertz CT molecular complexity index is 1030. The van der Waals surface area contributed by atoms with Crippen LogP contribution in [0.2, 0.25) is 0 Å². The highest BCUT2D eigenvalue weighted by Crippen LogP contribution is 2.27. The third-order valence-corrected chi connectivity index (χ3v) is 8.37. The second-order valence-electron chi connectivity index (χ2n) is 6.51. The zero-order valence-electron chi connectivity index (χ0n) is 16.6. The summed E-state index contributed by atoms with van der Waals surface area (Å²) in [5.74, 6) is -0.729. The molecule has 0 spiro atoms. The maximum absolute atomic E-state index is 12.9. The maximum Gasteiger partial charge on any atom is 0.316 e. The molecule has 1 aliphatic heterocycles. The number of carbonyl (C=O) groups is 2. The summed E-state index contributed by atoms with van der Waals surface area (Å²) >= 11 is 2.29. The average Bonchev–Trinajstić information content (AvgIpc) is 3.39. The van der Waals surface area contributed by atoms with Crippen LogP contribution in [-0.4, -0.2) is 60.2 Å². The number of carbonyl (C=O) groups excluding carboxylic acids is 2. The number of sulfonamides is 1. The molecule has 12 heteroatoms. The van der Waals surface area contributed by atoms with E-state index < -0.39 is 15.9 Å². The zero-order valence-corrected chi connectivity index (χ0v) is 19.0. The van der Waals surface area contributed by atoms with Crippen LogP contribution in [0.1, 0.15) is 35.7 Å². The van der Waals surface area contributed by atoms with Crippen LogP contribution in [0.25, 0.3) is 0 Å². The second kappa shape index (κ2) is 9.86. The summed E-state index contributed by atoms with van der Waals surface area (Å²) in [6.07, 6.45) is 1.68. The fourth-order valence-electron chi connectivity index (χ4n) is 2.90. The fraction of sp³-hybridized carbons (Fsp3) is 0.444. The van der Waals surface area contributed by atoms with E-state index in [4.69, 9.17) is 4.74 Å². The Balaban J connectivity index is 1.70. The molecule has 1 aromatic carbocycles. The van der Waals surface area contributed by atoms with Crippen molar-refractivity contribution in [2.24, 2.45) is 0 Å². The van der Waals surface area contributed by atoms with Gasteiger partial charge >= 0.3 is 5.97 Å². The summed E-state index contributed by atoms with van der Waals surface area (Å²) in [5, 5.41) is 10.7. The molecule has 2 aromatic rings. The number of ether oxygens (including phenoxy) is 1. The van der Waals surface area contributed by atoms with Gasteiger partial charge in [0.2, 0.25) is 15.2 Å². The normalized spacial score (nSPS) is 14.6. The summed E-state index contributed by atoms with van der Waals surface area (Å²) in [7, 11) is -3.63. The van der Waals surface area contributed by atoms with Crippen LogP contribution in [0.3, 0.4) is 0 Å². The van der Waals surface area contributed by atoms with Crippen molar-refractivity contribution in [3.8, 4) is 0 Å². The van der Waals surface area contributed by atoms with Gasteiger partial charge in [0.1, 0.15) is 0 Å². The molecule has 30 heavy (non-hydrogen) atoms. The van der Waals surface area contributed by atoms with Gasteiger partial charge in [-0.05, 0) is 44.4 Å². The molecule has 0 aliphatic carbocycles. The third kappa shape index (κ3) is 5.36. The fourth-order valence-corrected chi connectivity index (χ4v) is 6.21. The smallest absolute Gasteiger partial charge is 0.316 e. The Morgan fingerprint density at radius 2 is 2.00 bits per heavy atom. The Hall–Kier alpha value is -2.02. The SMILES string of the molecule is CCOC(=O)CSc1nnc(NC(=O)c2ccc(C)c(S(=O)(=O)N3CCCC3)c2)s1. The van der Waals surface area contributed by atoms with Crippen LogP contribution < -0.4 is 5.32 Å². The number of nitrogens with zero attached hydrogens (tertiary/aromatic N) is 3. The monoisotopic (exact) mass is 470 g/mol. The largest absolute Gasteiger partial charge is 0.465 e. The Morgan fingerprint density at radius 1 is 1.27 bits per heavy atom. The molecule has 3 rings (SSSR count). The molecule has 1 aliphatic rings. The number of rotatable bonds is 8. The third-order valence-electron chi connectivity index (χ3n) is 4.38. The number of anilines is 1. The van der Waals surface area contributed by atoms with Crippen LogP contribution in [0.15, 0.2) is 27.4 Å². The number of aromatic nitrogens is 2. The van der Waals surface area contributed by atoms with Gasteiger partial charge in [-0.1, -0.05) is 29.2 Å². The van der Waals surface area contributed by atoms with E-state index in [1.54, 1.807) is 26.0 Å². The van der Waals surface area contributed by atoms with E-state index in [0.29, 0.717) is 29.6 Å². The highest BCUT2D eigenvalue weighted by molar-refractivity contribution is 8.01. The molecule has 0 radical (unpaired) electrons. The van der Waals surface area contributed by atoms with E-state index in [2.05, 4.69) is 15.5 Å². The lowest BCUT2D eigenvalue weighted by molar-refractivity contribution is -0.139. The van der Waals surface area contributed by atoms with Gasteiger partial charge < -0.3 is 4.74 Å². The number of thioether (sulfide) groups is 1. The summed E-state index contributed by atoms with van der Waals surface area (Å²) in [4.78, 5) is 24.2. The first-order valence-electron chi connectivity index (χ1n) is 9.35. The number of benzene rings is 1. The van der Waals surface area contributed by atoms with E-state index in [9.17, 15) is 18.0 Å². The first-order valence-corrected chi connectivity index (χ1v) is 12.6. The van der Waals surface area contributed by atoms with Crippen molar-refractivity contribution in [2.45, 2.75) is 35.9 Å². The minimum Gasteiger partial charge on any atom is -0.465 e. The standard InChI is InChI=1S/C18H22N4O5S3/c1-3-27-15(23)11-28-18-21-20-17(29-18)19-16(24)13-7-6-12(2)14(10-13)30(25,26)22-8-4-5-9-22/h6-7,10H,3-5,8-9,11H2,1-2H3,(H,19,20,24). The van der Waals surface area contributed by atoms with E-state index in [1.807, 2.05) is 0 Å². The molecule has 1 aromatic heterocycles. The highest BCUT2D eigenvalue weighted by atomic mass is 32.2. The number of nitrogens with one attached hydrogen (secondary N) is 1. The van der Waals surface area contributed by atoms with Gasteiger partial charge in [-0.15, -0.1) is 10.2 Å². The average molecular weight is 471 g/mol. The maximum atomic E-state index is 12.9. The van der Waals surface area contributed by atoms with Gasteiger partial charge in [0, 0.05) is 18.7 Å². The topological polar surface area (TPSA) is 119 Å². The number of hydrogen-bond acceptors (Lipinski definition) is 9. The van der Waals surface area contributed by atoms with E-state index in [-0.39, 0.29) is 27.3 Å². The molecule has 9 nitrogen and oxygen atoms in total. The molecule has 1 amide bonds. The summed E-state index contributed by atoms with van der Waals surface area (Å²) in [6, 6.07) is 4.60. The lowest BCUT2D eigenvalue weighted by Gasteiger charge is -2.17. The first kappa shape index (κ1) is 22.7. The van der Waals surface area contributed by atoms with Crippen molar-refractivity contribution < 1.29 is 22.7 Å². The number of esters is 1. The predicted octanol–water partition coefficient (Wildman–Crippen LogP) is 2.54. The number of amides is 1. The van der Waals surface area contributed by atoms with Gasteiger partial charge in [0.05, 0.1) is 17.3 Å². The van der Waals surface area contributed by atoms with Gasteiger partial charge in [0.15, 0.2) is 4.34 Å². The molecule has 1 saturated heterocycles. The highest BCUT2D eigenvalue weighted by Gasteiger charge is 2.29. The van der Waals surface area contributed by atoms with Crippen LogP contribution in [0, 0.1) is 6.92 Å². The van der Waals surface area contributed by atoms with Crippen molar-refractivity contribution in [1.82, 2.24) is 14.5 Å². The van der Waals surface area contributed by atoms with E-state index in [1.165, 1.54) is 22.1 Å². The molecular formula is C18H22N4O5S3. The van der Waals surface area contributed by atoms with Gasteiger partial charge in [-0.2, -0.15) is 4.31 Å². The van der Waals surface area contributed by atoms with E-state index in [0.717, 1.165) is 24.2 Å². The minimum atomic E-state index is -3.63. The second-order valence-corrected chi connectivity index (χ2v) is 10.6. The summed E-state index contributed by atoms with van der Waals surface area (Å²) in [6.45, 7) is 4.74. The molecule has 0 saturated carbocycles. The van der Waals surface area contributed by atoms with Crippen LogP contribution >= 0.6 is 23.1 Å². The lowest BCUT2D eigenvalue weighted by atomic mass is 10.1. The van der Waals surface area contributed by atoms with E-state index >= 15 is 0 Å². The van der Waals surface area contributed by atoms with Crippen LogP contribution in [0.4, 0.5) is 5.13 Å². The van der Waals surface area contributed by atoms with Gasteiger partial charge in [-0.25, -0.2) is 8.42 Å². The summed E-state index contributed by atoms with van der Waals surface area (Å²) < 4.78 is 32.6. The van der Waals surface area contributed by atoms with Crippen molar-refractivity contribution in [2.75, 3.05) is 30.8 Å². The van der Waals surface area contributed by atoms with Crippen LogP contribution in [0.5, 0.6) is 0 Å². The molecule has 162 valence electrons. The molecule has 2 heterocycles. The molecule has 1 N–H and O–H groups in total. The van der Waals surface area contributed by atoms with Gasteiger partial charge in [0.25, 0.3) is 5.91 Å².